The summed E-state index contributed by atoms with van der Waals surface area (Å²) in [6.45, 7) is 7.21. The molecule has 1 saturated heterocycles. The highest BCUT2D eigenvalue weighted by Gasteiger charge is 2.30. The normalized spacial score (nSPS) is 18.2. The number of anilines is 1. The molecular weight excluding hydrogens is 524 g/mol. The van der Waals surface area contributed by atoms with Crippen LogP contribution in [0.2, 0.25) is 0 Å². The van der Waals surface area contributed by atoms with Crippen LogP contribution in [0.3, 0.4) is 0 Å². The van der Waals surface area contributed by atoms with Crippen LogP contribution in [0.25, 0.3) is 0 Å². The van der Waals surface area contributed by atoms with Crippen molar-refractivity contribution in [3.63, 3.8) is 0 Å². The summed E-state index contributed by atoms with van der Waals surface area (Å²) in [6, 6.07) is 16.1. The molecule has 1 aliphatic heterocycles. The molecular formula is C31H46N4O4S. The van der Waals surface area contributed by atoms with Crippen LogP contribution < -0.4 is 14.8 Å². The molecule has 2 amide bonds. The van der Waals surface area contributed by atoms with Gasteiger partial charge < -0.3 is 15.0 Å². The van der Waals surface area contributed by atoms with Gasteiger partial charge in [0.15, 0.2) is 0 Å². The molecule has 8 nitrogen and oxygen atoms in total. The zero-order valence-corrected chi connectivity index (χ0v) is 25.1. The van der Waals surface area contributed by atoms with E-state index in [1.54, 1.807) is 24.3 Å². The summed E-state index contributed by atoms with van der Waals surface area (Å²) >= 11 is 0. The monoisotopic (exact) mass is 570 g/mol. The number of piperidine rings is 1. The number of hydrogen-bond acceptors (Lipinski definition) is 5. The third kappa shape index (κ3) is 8.86. The van der Waals surface area contributed by atoms with E-state index >= 15 is 0 Å². The Morgan fingerprint density at radius 3 is 2.15 bits per heavy atom. The van der Waals surface area contributed by atoms with Crippen LogP contribution in [-0.4, -0.2) is 62.2 Å². The minimum atomic E-state index is -3.31. The van der Waals surface area contributed by atoms with E-state index in [2.05, 4.69) is 45.8 Å². The number of amides is 2. The summed E-state index contributed by atoms with van der Waals surface area (Å²) in [5, 5.41) is 3.35. The highest BCUT2D eigenvalue weighted by atomic mass is 32.2. The molecule has 1 heterocycles. The molecule has 0 spiro atoms. The van der Waals surface area contributed by atoms with Crippen LogP contribution in [0.4, 0.5) is 10.5 Å². The summed E-state index contributed by atoms with van der Waals surface area (Å²) in [4.78, 5) is 17.9. The van der Waals surface area contributed by atoms with E-state index in [1.807, 2.05) is 12.1 Å². The number of unbranched alkanes of at least 4 members (excludes halogenated alkanes) is 1. The van der Waals surface area contributed by atoms with Gasteiger partial charge in [-0.2, -0.15) is 0 Å². The maximum absolute atomic E-state index is 13.3. The number of nitrogens with one attached hydrogen (secondary N) is 2. The molecule has 2 aromatic carbocycles. The van der Waals surface area contributed by atoms with E-state index in [0.29, 0.717) is 23.5 Å². The molecule has 2 aromatic rings. The molecule has 1 atom stereocenters. The van der Waals surface area contributed by atoms with E-state index < -0.39 is 10.0 Å². The van der Waals surface area contributed by atoms with Crippen LogP contribution in [0.5, 0.6) is 11.5 Å². The fraction of sp³-hybridized carbons (Fsp3) is 0.581. The number of carbonyl (C=O) groups excluding carboxylic acids is 1. The minimum Gasteiger partial charge on any atom is -0.457 e. The number of benzene rings is 2. The van der Waals surface area contributed by atoms with Gasteiger partial charge in [-0.15, -0.1) is 0 Å². The summed E-state index contributed by atoms with van der Waals surface area (Å²) in [5.41, 5.74) is 1.73. The first kappa shape index (κ1) is 30.2. The number of ether oxygens (including phenoxy) is 1. The number of sulfonamides is 1. The largest absolute Gasteiger partial charge is 0.457 e. The number of nitrogens with zero attached hydrogens (tertiary/aromatic N) is 2. The first-order chi connectivity index (χ1) is 19.2. The molecule has 2 aliphatic rings. The van der Waals surface area contributed by atoms with Gasteiger partial charge in [0.2, 0.25) is 10.0 Å². The van der Waals surface area contributed by atoms with Crippen molar-refractivity contribution < 1.29 is 17.9 Å². The third-order valence-electron chi connectivity index (χ3n) is 8.19. The molecule has 1 aliphatic carbocycles. The van der Waals surface area contributed by atoms with E-state index in [-0.39, 0.29) is 12.1 Å². The predicted molar refractivity (Wildman–Crippen MR) is 161 cm³/mol. The second-order valence-corrected chi connectivity index (χ2v) is 13.1. The van der Waals surface area contributed by atoms with E-state index in [9.17, 15) is 13.2 Å². The van der Waals surface area contributed by atoms with Gasteiger partial charge in [0.1, 0.15) is 11.5 Å². The smallest absolute Gasteiger partial charge is 0.317 e. The zero-order chi connectivity index (χ0) is 28.5. The maximum atomic E-state index is 13.3. The molecule has 220 valence electrons. The standard InChI is InChI=1S/C31H46N4O4S/c1-4-5-21-35(31(36)32-26-9-7-6-8-10-26)28-19-22-34(23-20-28)24(2)25-11-15-29(16-12-25)39-30-17-13-27(14-18-30)33-40(3,37)38/h11-18,24,26,28,33H,4-10,19-23H2,1-3H3,(H,32,36). The molecule has 1 unspecified atom stereocenters. The predicted octanol–water partition coefficient (Wildman–Crippen LogP) is 6.52. The first-order valence-corrected chi connectivity index (χ1v) is 16.8. The molecule has 0 radical (unpaired) electrons. The van der Waals surface area contributed by atoms with Gasteiger partial charge in [-0.3, -0.25) is 9.62 Å². The van der Waals surface area contributed by atoms with Crippen LogP contribution >= 0.6 is 0 Å². The van der Waals surface area contributed by atoms with Crippen molar-refractivity contribution in [2.24, 2.45) is 0 Å². The lowest BCUT2D eigenvalue weighted by Crippen LogP contribution is -2.53. The zero-order valence-electron chi connectivity index (χ0n) is 24.3. The lowest BCUT2D eigenvalue weighted by atomic mass is 9.95. The Bertz CT molecular complexity index is 1170. The average Bonchev–Trinajstić information content (AvgIpc) is 2.94. The molecule has 1 saturated carbocycles. The number of urea groups is 1. The fourth-order valence-electron chi connectivity index (χ4n) is 5.83. The highest BCUT2D eigenvalue weighted by molar-refractivity contribution is 7.92. The summed E-state index contributed by atoms with van der Waals surface area (Å²) in [5.74, 6) is 1.37. The maximum Gasteiger partial charge on any atom is 0.317 e. The number of carbonyl (C=O) groups is 1. The van der Waals surface area contributed by atoms with Crippen molar-refractivity contribution in [2.75, 3.05) is 30.6 Å². The Morgan fingerprint density at radius 2 is 1.57 bits per heavy atom. The van der Waals surface area contributed by atoms with Gasteiger partial charge in [0.25, 0.3) is 0 Å². The van der Waals surface area contributed by atoms with Crippen molar-refractivity contribution in [3.8, 4) is 11.5 Å². The van der Waals surface area contributed by atoms with Crippen LogP contribution in [0, 0.1) is 0 Å². The van der Waals surface area contributed by atoms with E-state index in [4.69, 9.17) is 4.74 Å². The van der Waals surface area contributed by atoms with Crippen LogP contribution in [-0.2, 0) is 10.0 Å². The Balaban J connectivity index is 1.29. The summed E-state index contributed by atoms with van der Waals surface area (Å²) < 4.78 is 31.2. The van der Waals surface area contributed by atoms with Crippen LogP contribution in [0.1, 0.15) is 83.2 Å². The molecule has 0 bridgehead atoms. The van der Waals surface area contributed by atoms with Crippen molar-refractivity contribution in [1.82, 2.24) is 15.1 Å². The molecule has 40 heavy (non-hydrogen) atoms. The molecule has 0 aromatic heterocycles. The van der Waals surface area contributed by atoms with Crippen LogP contribution in [0.15, 0.2) is 48.5 Å². The first-order valence-electron chi connectivity index (χ1n) is 14.9. The third-order valence-corrected chi connectivity index (χ3v) is 8.80. The van der Waals surface area contributed by atoms with E-state index in [1.165, 1.54) is 24.8 Å². The Morgan fingerprint density at radius 1 is 0.975 bits per heavy atom. The summed E-state index contributed by atoms with van der Waals surface area (Å²) in [7, 11) is -3.31. The van der Waals surface area contributed by atoms with Gasteiger partial charge in [0, 0.05) is 43.4 Å². The van der Waals surface area contributed by atoms with Crippen molar-refractivity contribution in [3.05, 3.63) is 54.1 Å². The molecule has 4 rings (SSSR count). The average molecular weight is 571 g/mol. The van der Waals surface area contributed by atoms with E-state index in [0.717, 1.165) is 70.2 Å². The second-order valence-electron chi connectivity index (χ2n) is 11.3. The molecule has 2 fully saturated rings. The highest BCUT2D eigenvalue weighted by Crippen LogP contribution is 2.29. The summed E-state index contributed by atoms with van der Waals surface area (Å²) in [6.07, 6.45) is 11.2. The van der Waals surface area contributed by atoms with Gasteiger partial charge in [-0.1, -0.05) is 44.7 Å². The van der Waals surface area contributed by atoms with Gasteiger partial charge >= 0.3 is 6.03 Å². The fourth-order valence-corrected chi connectivity index (χ4v) is 6.40. The van der Waals surface area contributed by atoms with Crippen molar-refractivity contribution in [1.29, 1.82) is 0 Å². The quantitative estimate of drug-likeness (QED) is 0.321. The number of rotatable bonds is 11. The Hall–Kier alpha value is -2.78. The van der Waals surface area contributed by atoms with Gasteiger partial charge in [-0.05, 0) is 81.0 Å². The van der Waals surface area contributed by atoms with Gasteiger partial charge in [0.05, 0.1) is 6.26 Å². The van der Waals surface area contributed by atoms with Crippen molar-refractivity contribution >= 4 is 21.7 Å². The number of hydrogen-bond donors (Lipinski definition) is 2. The topological polar surface area (TPSA) is 91.0 Å². The van der Waals surface area contributed by atoms with Gasteiger partial charge in [-0.25, -0.2) is 13.2 Å². The second kappa shape index (κ2) is 14.2. The lowest BCUT2D eigenvalue weighted by Gasteiger charge is -2.41. The molecule has 2 N–H and O–H groups in total. The minimum absolute atomic E-state index is 0.142. The lowest BCUT2D eigenvalue weighted by molar-refractivity contribution is 0.0978. The molecule has 9 heteroatoms. The Labute approximate surface area is 240 Å². The van der Waals surface area contributed by atoms with Crippen molar-refractivity contribution in [2.45, 2.75) is 89.8 Å². The number of likely N-dealkylation sites (tertiary alicyclic amines) is 1. The Kier molecular flexibility index (Phi) is 10.7. The SMILES string of the molecule is CCCCN(C(=O)NC1CCCCC1)C1CCN(C(C)c2ccc(Oc3ccc(NS(C)(=O)=O)cc3)cc2)CC1.